The van der Waals surface area contributed by atoms with Gasteiger partial charge in [0.25, 0.3) is 0 Å². The molecule has 2 aromatic rings. The zero-order valence-electron chi connectivity index (χ0n) is 11.0. The molecule has 1 aliphatic heterocycles. The molecular formula is C14H16N2O2S2. The van der Waals surface area contributed by atoms with Crippen molar-refractivity contribution in [2.24, 2.45) is 0 Å². The number of aromatic nitrogens is 1. The van der Waals surface area contributed by atoms with E-state index in [0.717, 1.165) is 17.8 Å². The molecule has 0 N–H and O–H groups in total. The average molecular weight is 308 g/mol. The molecule has 0 amide bonds. The first-order valence-corrected chi connectivity index (χ1v) is 8.94. The molecule has 0 spiro atoms. The van der Waals surface area contributed by atoms with E-state index < -0.39 is 10.0 Å². The van der Waals surface area contributed by atoms with Crippen molar-refractivity contribution in [1.82, 2.24) is 9.29 Å². The van der Waals surface area contributed by atoms with Gasteiger partial charge in [-0.05, 0) is 25.0 Å². The predicted molar refractivity (Wildman–Crippen MR) is 79.3 cm³/mol. The van der Waals surface area contributed by atoms with Crippen LogP contribution >= 0.6 is 11.3 Å². The number of nitrogens with zero attached hydrogens (tertiary/aromatic N) is 2. The molecule has 1 fully saturated rings. The lowest BCUT2D eigenvalue weighted by molar-refractivity contribution is 0.315. The van der Waals surface area contributed by atoms with Gasteiger partial charge in [-0.3, -0.25) is 0 Å². The lowest BCUT2D eigenvalue weighted by Crippen LogP contribution is -2.39. The molecule has 4 nitrogen and oxygen atoms in total. The third kappa shape index (κ3) is 2.63. The van der Waals surface area contributed by atoms with Crippen molar-refractivity contribution in [2.45, 2.75) is 23.7 Å². The topological polar surface area (TPSA) is 50.3 Å². The molecule has 2 heterocycles. The van der Waals surface area contributed by atoms with Crippen LogP contribution < -0.4 is 0 Å². The molecule has 1 saturated heterocycles. The summed E-state index contributed by atoms with van der Waals surface area (Å²) in [4.78, 5) is 4.70. The van der Waals surface area contributed by atoms with E-state index in [1.807, 2.05) is 11.4 Å². The van der Waals surface area contributed by atoms with Crippen molar-refractivity contribution in [1.29, 1.82) is 0 Å². The van der Waals surface area contributed by atoms with E-state index in [4.69, 9.17) is 0 Å². The number of hydrogen-bond acceptors (Lipinski definition) is 4. The quantitative estimate of drug-likeness (QED) is 0.876. The van der Waals surface area contributed by atoms with Crippen LogP contribution in [0.1, 0.15) is 23.8 Å². The van der Waals surface area contributed by atoms with Gasteiger partial charge in [0.05, 0.1) is 9.90 Å². The fourth-order valence-corrected chi connectivity index (χ4v) is 4.85. The highest BCUT2D eigenvalue weighted by Crippen LogP contribution is 2.31. The van der Waals surface area contributed by atoms with Crippen LogP contribution in [0.2, 0.25) is 0 Å². The fraction of sp³-hybridized carbons (Fsp3) is 0.357. The number of piperidine rings is 1. The van der Waals surface area contributed by atoms with E-state index in [9.17, 15) is 8.42 Å². The van der Waals surface area contributed by atoms with Crippen LogP contribution in [0.5, 0.6) is 0 Å². The normalized spacial score (nSPS) is 20.9. The van der Waals surface area contributed by atoms with E-state index in [0.29, 0.717) is 18.0 Å². The Labute approximate surface area is 123 Å². The van der Waals surface area contributed by atoms with Crippen LogP contribution in [0.3, 0.4) is 0 Å². The van der Waals surface area contributed by atoms with E-state index in [-0.39, 0.29) is 5.92 Å². The van der Waals surface area contributed by atoms with Gasteiger partial charge in [0.2, 0.25) is 10.0 Å². The number of rotatable bonds is 3. The van der Waals surface area contributed by atoms with E-state index in [2.05, 4.69) is 4.98 Å². The van der Waals surface area contributed by atoms with E-state index >= 15 is 0 Å². The maximum absolute atomic E-state index is 12.6. The molecule has 1 aliphatic rings. The molecule has 1 aromatic carbocycles. The van der Waals surface area contributed by atoms with Gasteiger partial charge in [-0.15, -0.1) is 11.3 Å². The molecule has 0 aliphatic carbocycles. The van der Waals surface area contributed by atoms with Gasteiger partial charge in [0.15, 0.2) is 0 Å². The monoisotopic (exact) mass is 308 g/mol. The van der Waals surface area contributed by atoms with Crippen LogP contribution in [-0.4, -0.2) is 30.8 Å². The molecule has 1 atom stereocenters. The van der Waals surface area contributed by atoms with Gasteiger partial charge in [0.1, 0.15) is 0 Å². The first-order valence-electron chi connectivity index (χ1n) is 6.62. The Hall–Kier alpha value is -1.24. The summed E-state index contributed by atoms with van der Waals surface area (Å²) in [5, 5.41) is 2.98. The van der Waals surface area contributed by atoms with Crippen LogP contribution in [0.4, 0.5) is 0 Å². The molecule has 20 heavy (non-hydrogen) atoms. The first kappa shape index (κ1) is 13.7. The van der Waals surface area contributed by atoms with Crippen LogP contribution in [0, 0.1) is 0 Å². The molecule has 0 radical (unpaired) electrons. The van der Waals surface area contributed by atoms with Crippen molar-refractivity contribution in [3.63, 3.8) is 0 Å². The number of hydrogen-bond donors (Lipinski definition) is 0. The van der Waals surface area contributed by atoms with Crippen molar-refractivity contribution >= 4 is 21.4 Å². The highest BCUT2D eigenvalue weighted by Gasteiger charge is 2.31. The molecule has 3 rings (SSSR count). The molecule has 0 unspecified atom stereocenters. The lowest BCUT2D eigenvalue weighted by atomic mass is 10.0. The summed E-state index contributed by atoms with van der Waals surface area (Å²) in [6.45, 7) is 1.13. The van der Waals surface area contributed by atoms with Gasteiger partial charge in [-0.2, -0.15) is 4.31 Å². The maximum atomic E-state index is 12.6. The maximum Gasteiger partial charge on any atom is 0.243 e. The zero-order valence-corrected chi connectivity index (χ0v) is 12.6. The third-order valence-corrected chi connectivity index (χ3v) is 6.38. The summed E-state index contributed by atoms with van der Waals surface area (Å²) in [5.74, 6) is 0.224. The second kappa shape index (κ2) is 5.63. The van der Waals surface area contributed by atoms with Crippen LogP contribution in [0.15, 0.2) is 46.8 Å². The largest absolute Gasteiger partial charge is 0.249 e. The Morgan fingerprint density at radius 1 is 1.25 bits per heavy atom. The van der Waals surface area contributed by atoms with Gasteiger partial charge in [0, 0.05) is 30.6 Å². The second-order valence-electron chi connectivity index (χ2n) is 4.89. The number of sulfonamides is 1. The summed E-state index contributed by atoms with van der Waals surface area (Å²) in [7, 11) is -3.38. The highest BCUT2D eigenvalue weighted by molar-refractivity contribution is 7.89. The minimum Gasteiger partial charge on any atom is -0.249 e. The smallest absolute Gasteiger partial charge is 0.243 e. The third-order valence-electron chi connectivity index (χ3n) is 3.57. The predicted octanol–water partition coefficient (Wildman–Crippen LogP) is 2.71. The second-order valence-corrected chi connectivity index (χ2v) is 7.75. The average Bonchev–Trinajstić information content (AvgIpc) is 3.03. The SMILES string of the molecule is O=S(=O)(c1ccccc1)N1CCC[C@H](c2nccs2)C1. The Kier molecular flexibility index (Phi) is 3.87. The molecule has 106 valence electrons. The van der Waals surface area contributed by atoms with Gasteiger partial charge >= 0.3 is 0 Å². The summed E-state index contributed by atoms with van der Waals surface area (Å²) < 4.78 is 26.8. The van der Waals surface area contributed by atoms with Gasteiger partial charge < -0.3 is 0 Å². The van der Waals surface area contributed by atoms with Crippen molar-refractivity contribution in [3.8, 4) is 0 Å². The molecular weight excluding hydrogens is 292 g/mol. The van der Waals surface area contributed by atoms with E-state index in [1.54, 1.807) is 46.1 Å². The van der Waals surface area contributed by atoms with Crippen molar-refractivity contribution in [3.05, 3.63) is 46.9 Å². The number of thiazole rings is 1. The van der Waals surface area contributed by atoms with Gasteiger partial charge in [-0.1, -0.05) is 18.2 Å². The number of benzene rings is 1. The standard InChI is InChI=1S/C14H16N2O2S2/c17-20(18,13-6-2-1-3-7-13)16-9-4-5-12(11-16)14-15-8-10-19-14/h1-3,6-8,10,12H,4-5,9,11H2/t12-/m0/s1. The van der Waals surface area contributed by atoms with Crippen molar-refractivity contribution in [2.75, 3.05) is 13.1 Å². The minimum absolute atomic E-state index is 0.224. The molecule has 0 saturated carbocycles. The van der Waals surface area contributed by atoms with Crippen LogP contribution in [-0.2, 0) is 10.0 Å². The first-order chi connectivity index (χ1) is 9.68. The molecule has 1 aromatic heterocycles. The summed E-state index contributed by atoms with van der Waals surface area (Å²) >= 11 is 1.61. The summed E-state index contributed by atoms with van der Waals surface area (Å²) in [6, 6.07) is 8.66. The highest BCUT2D eigenvalue weighted by atomic mass is 32.2. The van der Waals surface area contributed by atoms with E-state index in [1.165, 1.54) is 0 Å². The Morgan fingerprint density at radius 2 is 2.05 bits per heavy atom. The Morgan fingerprint density at radius 3 is 2.75 bits per heavy atom. The Bertz CT molecular complexity index is 654. The fourth-order valence-electron chi connectivity index (χ4n) is 2.54. The lowest BCUT2D eigenvalue weighted by Gasteiger charge is -2.30. The Balaban J connectivity index is 1.84. The summed E-state index contributed by atoms with van der Waals surface area (Å²) in [6.07, 6.45) is 3.68. The molecule has 0 bridgehead atoms. The van der Waals surface area contributed by atoms with Crippen molar-refractivity contribution < 1.29 is 8.42 Å². The molecule has 6 heteroatoms. The van der Waals surface area contributed by atoms with Crippen LogP contribution in [0.25, 0.3) is 0 Å². The van der Waals surface area contributed by atoms with Gasteiger partial charge in [-0.25, -0.2) is 13.4 Å². The minimum atomic E-state index is -3.38. The summed E-state index contributed by atoms with van der Waals surface area (Å²) in [5.41, 5.74) is 0. The zero-order chi connectivity index (χ0) is 14.0.